The van der Waals surface area contributed by atoms with Crippen molar-refractivity contribution in [3.05, 3.63) is 52.0 Å². The maximum Gasteiger partial charge on any atom is 0.264 e. The first-order chi connectivity index (χ1) is 9.89. The lowest BCUT2D eigenvalue weighted by Crippen LogP contribution is -2.29. The minimum Gasteiger partial charge on any atom is -0.398 e. The summed E-state index contributed by atoms with van der Waals surface area (Å²) >= 11 is 3.31. The Balaban J connectivity index is 2.10. The smallest absolute Gasteiger partial charge is 0.264 e. The van der Waals surface area contributed by atoms with Gasteiger partial charge < -0.3 is 5.73 Å². The van der Waals surface area contributed by atoms with Crippen LogP contribution in [-0.4, -0.2) is 15.0 Å². The number of aryl methyl sites for hydroxylation is 1. The van der Waals surface area contributed by atoms with Crippen molar-refractivity contribution in [2.45, 2.75) is 18.2 Å². The lowest BCUT2D eigenvalue weighted by Gasteiger charge is -2.20. The molecule has 2 aromatic carbocycles. The lowest BCUT2D eigenvalue weighted by molar-refractivity contribution is 0.592. The number of sulfonamides is 1. The van der Waals surface area contributed by atoms with Gasteiger partial charge in [-0.05, 0) is 48.7 Å². The van der Waals surface area contributed by atoms with Gasteiger partial charge in [-0.2, -0.15) is 0 Å². The van der Waals surface area contributed by atoms with Gasteiger partial charge in [0.15, 0.2) is 0 Å². The molecule has 0 atom stereocenters. The van der Waals surface area contributed by atoms with E-state index in [1.54, 1.807) is 30.3 Å². The minimum absolute atomic E-state index is 0.281. The van der Waals surface area contributed by atoms with Crippen LogP contribution in [0.2, 0.25) is 0 Å². The molecule has 0 fully saturated rings. The monoisotopic (exact) mass is 366 g/mol. The van der Waals surface area contributed by atoms with Gasteiger partial charge in [0.05, 0.1) is 10.6 Å². The van der Waals surface area contributed by atoms with Gasteiger partial charge in [-0.25, -0.2) is 8.42 Å². The van der Waals surface area contributed by atoms with Crippen LogP contribution < -0.4 is 10.0 Å². The minimum atomic E-state index is -3.56. The third-order valence-corrected chi connectivity index (χ3v) is 6.01. The van der Waals surface area contributed by atoms with Crippen molar-refractivity contribution >= 4 is 37.3 Å². The van der Waals surface area contributed by atoms with Crippen LogP contribution >= 0.6 is 15.9 Å². The fourth-order valence-corrected chi connectivity index (χ4v) is 4.64. The molecule has 1 heterocycles. The zero-order chi connectivity index (χ0) is 15.2. The predicted molar refractivity (Wildman–Crippen MR) is 88.0 cm³/mol. The summed E-state index contributed by atoms with van der Waals surface area (Å²) in [5.41, 5.74) is 9.25. The maximum absolute atomic E-state index is 12.8. The highest BCUT2D eigenvalue weighted by molar-refractivity contribution is 9.10. The molecule has 0 unspecified atom stereocenters. The summed E-state index contributed by atoms with van der Waals surface area (Å²) in [5, 5.41) is 0. The Kier molecular flexibility index (Phi) is 3.45. The second-order valence-electron chi connectivity index (χ2n) is 5.12. The molecule has 6 heteroatoms. The molecule has 4 nitrogen and oxygen atoms in total. The van der Waals surface area contributed by atoms with Crippen LogP contribution in [0.25, 0.3) is 0 Å². The SMILES string of the molecule is Cc1cc2c(cc1N)N(S(=O)(=O)c1cccc(Br)c1)CC2. The molecule has 2 aromatic rings. The van der Waals surface area contributed by atoms with Crippen LogP contribution in [0.15, 0.2) is 45.8 Å². The molecule has 1 aliphatic rings. The van der Waals surface area contributed by atoms with E-state index in [0.717, 1.165) is 15.6 Å². The van der Waals surface area contributed by atoms with E-state index in [4.69, 9.17) is 5.73 Å². The highest BCUT2D eigenvalue weighted by Crippen LogP contribution is 2.36. The first-order valence-electron chi connectivity index (χ1n) is 6.57. The topological polar surface area (TPSA) is 63.4 Å². The average molecular weight is 367 g/mol. The van der Waals surface area contributed by atoms with Gasteiger partial charge in [0, 0.05) is 16.7 Å². The maximum atomic E-state index is 12.8. The van der Waals surface area contributed by atoms with Crippen LogP contribution in [0.1, 0.15) is 11.1 Å². The first-order valence-corrected chi connectivity index (χ1v) is 8.80. The van der Waals surface area contributed by atoms with E-state index in [0.29, 0.717) is 24.3 Å². The molecule has 0 aromatic heterocycles. The third kappa shape index (κ3) is 2.42. The Morgan fingerprint density at radius 1 is 1.24 bits per heavy atom. The second kappa shape index (κ2) is 5.03. The average Bonchev–Trinajstić information content (AvgIpc) is 2.83. The van der Waals surface area contributed by atoms with Crippen molar-refractivity contribution in [2.75, 3.05) is 16.6 Å². The van der Waals surface area contributed by atoms with E-state index in [9.17, 15) is 8.42 Å². The molecule has 1 aliphatic heterocycles. The molecule has 21 heavy (non-hydrogen) atoms. The van der Waals surface area contributed by atoms with Crippen molar-refractivity contribution in [3.63, 3.8) is 0 Å². The van der Waals surface area contributed by atoms with Crippen LogP contribution in [-0.2, 0) is 16.4 Å². The standard InChI is InChI=1S/C15H15BrN2O2S/c1-10-7-11-5-6-18(15(11)9-14(10)17)21(19,20)13-4-2-3-12(16)8-13/h2-4,7-9H,5-6,17H2,1H3. The number of halogens is 1. The number of hydrogen-bond acceptors (Lipinski definition) is 3. The highest BCUT2D eigenvalue weighted by atomic mass is 79.9. The number of rotatable bonds is 2. The van der Waals surface area contributed by atoms with Gasteiger partial charge >= 0.3 is 0 Å². The summed E-state index contributed by atoms with van der Waals surface area (Å²) in [6, 6.07) is 10.5. The number of hydrogen-bond donors (Lipinski definition) is 1. The molecule has 0 bridgehead atoms. The van der Waals surface area contributed by atoms with E-state index >= 15 is 0 Å². The highest BCUT2D eigenvalue weighted by Gasteiger charge is 2.31. The van der Waals surface area contributed by atoms with Crippen molar-refractivity contribution in [1.29, 1.82) is 0 Å². The Hall–Kier alpha value is -1.53. The molecule has 3 rings (SSSR count). The quantitative estimate of drug-likeness (QED) is 0.830. The van der Waals surface area contributed by atoms with Crippen molar-refractivity contribution < 1.29 is 8.42 Å². The van der Waals surface area contributed by atoms with E-state index in [1.807, 2.05) is 13.0 Å². The molecular formula is C15H15BrN2O2S. The normalized spacial score (nSPS) is 14.3. The molecule has 0 radical (unpaired) electrons. The molecule has 0 spiro atoms. The fourth-order valence-electron chi connectivity index (χ4n) is 2.55. The van der Waals surface area contributed by atoms with Crippen LogP contribution in [0.5, 0.6) is 0 Å². The Bertz CT molecular complexity index is 818. The Labute approximate surface area is 132 Å². The molecule has 2 N–H and O–H groups in total. The number of anilines is 2. The van der Waals surface area contributed by atoms with Crippen molar-refractivity contribution in [3.8, 4) is 0 Å². The number of fused-ring (bicyclic) bond motifs is 1. The van der Waals surface area contributed by atoms with Gasteiger partial charge in [-0.1, -0.05) is 28.1 Å². The zero-order valence-corrected chi connectivity index (χ0v) is 13.9. The molecule has 110 valence electrons. The summed E-state index contributed by atoms with van der Waals surface area (Å²) in [6.07, 6.45) is 0.712. The van der Waals surface area contributed by atoms with Crippen molar-refractivity contribution in [2.24, 2.45) is 0 Å². The molecule has 0 amide bonds. The van der Waals surface area contributed by atoms with Gasteiger partial charge in [0.1, 0.15) is 0 Å². The van der Waals surface area contributed by atoms with Gasteiger partial charge in [0.25, 0.3) is 10.0 Å². The molecule has 0 saturated heterocycles. The van der Waals surface area contributed by atoms with Crippen molar-refractivity contribution in [1.82, 2.24) is 0 Å². The summed E-state index contributed by atoms with van der Waals surface area (Å²) in [7, 11) is -3.56. The van der Waals surface area contributed by atoms with Crippen LogP contribution in [0.3, 0.4) is 0 Å². The number of nitrogen functional groups attached to an aromatic ring is 1. The largest absolute Gasteiger partial charge is 0.398 e. The summed E-state index contributed by atoms with van der Waals surface area (Å²) < 4.78 is 27.8. The summed E-state index contributed by atoms with van der Waals surface area (Å²) in [4.78, 5) is 0.281. The summed E-state index contributed by atoms with van der Waals surface area (Å²) in [5.74, 6) is 0. The van der Waals surface area contributed by atoms with Crippen LogP contribution in [0, 0.1) is 6.92 Å². The Morgan fingerprint density at radius 3 is 2.71 bits per heavy atom. The first kappa shape index (κ1) is 14.4. The third-order valence-electron chi connectivity index (χ3n) is 3.70. The number of nitrogens with two attached hydrogens (primary N) is 1. The Morgan fingerprint density at radius 2 is 2.00 bits per heavy atom. The van der Waals surface area contributed by atoms with E-state index in [-0.39, 0.29) is 4.90 Å². The fraction of sp³-hybridized carbons (Fsp3) is 0.200. The lowest BCUT2D eigenvalue weighted by atomic mass is 10.1. The second-order valence-corrected chi connectivity index (χ2v) is 7.90. The number of nitrogens with zero attached hydrogens (tertiary/aromatic N) is 1. The zero-order valence-electron chi connectivity index (χ0n) is 11.5. The molecule has 0 aliphatic carbocycles. The summed E-state index contributed by atoms with van der Waals surface area (Å²) in [6.45, 7) is 2.38. The van der Waals surface area contributed by atoms with Gasteiger partial charge in [-0.3, -0.25) is 4.31 Å². The van der Waals surface area contributed by atoms with Gasteiger partial charge in [-0.15, -0.1) is 0 Å². The van der Waals surface area contributed by atoms with E-state index < -0.39 is 10.0 Å². The van der Waals surface area contributed by atoms with Gasteiger partial charge in [0.2, 0.25) is 0 Å². The van der Waals surface area contributed by atoms with Crippen LogP contribution in [0.4, 0.5) is 11.4 Å². The molecular weight excluding hydrogens is 352 g/mol. The molecule has 0 saturated carbocycles. The number of benzene rings is 2. The van der Waals surface area contributed by atoms with E-state index in [2.05, 4.69) is 15.9 Å². The van der Waals surface area contributed by atoms with E-state index in [1.165, 1.54) is 4.31 Å². The predicted octanol–water partition coefficient (Wildman–Crippen LogP) is 3.09.